The molecule has 1 aliphatic rings. The summed E-state index contributed by atoms with van der Waals surface area (Å²) >= 11 is 0. The number of piperazine rings is 1. The first-order valence-electron chi connectivity index (χ1n) is 9.60. The topological polar surface area (TPSA) is 58.8 Å². The molecule has 1 aromatic carbocycles. The Morgan fingerprint density at radius 1 is 1.04 bits per heavy atom. The fourth-order valence-electron chi connectivity index (χ4n) is 3.53. The van der Waals surface area contributed by atoms with Crippen LogP contribution in [0.25, 0.3) is 5.65 Å². The van der Waals surface area contributed by atoms with Crippen LogP contribution in [0.15, 0.2) is 36.7 Å². The van der Waals surface area contributed by atoms with Gasteiger partial charge in [0, 0.05) is 26.2 Å². The Labute approximate surface area is 159 Å². The van der Waals surface area contributed by atoms with E-state index in [2.05, 4.69) is 57.1 Å². The van der Waals surface area contributed by atoms with Crippen LogP contribution >= 0.6 is 0 Å². The van der Waals surface area contributed by atoms with E-state index in [0.29, 0.717) is 12.5 Å². The molecule has 7 nitrogen and oxygen atoms in total. The van der Waals surface area contributed by atoms with Crippen molar-refractivity contribution in [3.05, 3.63) is 42.4 Å². The van der Waals surface area contributed by atoms with Crippen LogP contribution in [-0.4, -0.2) is 52.6 Å². The van der Waals surface area contributed by atoms with Gasteiger partial charge in [-0.25, -0.2) is 0 Å². The highest BCUT2D eigenvalue weighted by atomic mass is 16.5. The second-order valence-electron chi connectivity index (χ2n) is 7.08. The molecule has 1 aliphatic heterocycles. The summed E-state index contributed by atoms with van der Waals surface area (Å²) in [5, 5.41) is 13.0. The first-order valence-corrected chi connectivity index (χ1v) is 9.60. The van der Waals surface area contributed by atoms with Crippen LogP contribution in [0, 0.1) is 0 Å². The van der Waals surface area contributed by atoms with E-state index in [1.54, 1.807) is 10.8 Å². The Bertz CT molecular complexity index is 914. The first kappa shape index (κ1) is 17.6. The van der Waals surface area contributed by atoms with Gasteiger partial charge in [0.05, 0.1) is 23.7 Å². The Balaban J connectivity index is 1.57. The lowest BCUT2D eigenvalue weighted by Crippen LogP contribution is -2.46. The largest absolute Gasteiger partial charge is 0.492 e. The molecule has 2 aromatic heterocycles. The summed E-state index contributed by atoms with van der Waals surface area (Å²) in [6, 6.07) is 10.4. The quantitative estimate of drug-likeness (QED) is 0.692. The van der Waals surface area contributed by atoms with Crippen molar-refractivity contribution in [2.45, 2.75) is 26.7 Å². The van der Waals surface area contributed by atoms with Gasteiger partial charge in [-0.1, -0.05) is 26.0 Å². The fourth-order valence-corrected chi connectivity index (χ4v) is 3.53. The van der Waals surface area contributed by atoms with E-state index in [1.165, 1.54) is 5.69 Å². The highest BCUT2D eigenvalue weighted by Crippen LogP contribution is 2.30. The Kier molecular flexibility index (Phi) is 4.83. The van der Waals surface area contributed by atoms with Gasteiger partial charge < -0.3 is 14.5 Å². The van der Waals surface area contributed by atoms with Gasteiger partial charge in [-0.15, -0.1) is 10.2 Å². The smallest absolute Gasteiger partial charge is 0.200 e. The lowest BCUT2D eigenvalue weighted by molar-refractivity contribution is 0.340. The second-order valence-corrected chi connectivity index (χ2v) is 7.08. The van der Waals surface area contributed by atoms with Crippen LogP contribution in [0.1, 0.15) is 32.4 Å². The molecular weight excluding hydrogens is 340 g/mol. The number of hydrogen-bond acceptors (Lipinski definition) is 6. The zero-order valence-corrected chi connectivity index (χ0v) is 16.2. The Morgan fingerprint density at radius 3 is 2.44 bits per heavy atom. The molecule has 0 aliphatic carbocycles. The molecule has 142 valence electrons. The maximum absolute atomic E-state index is 5.81. The maximum Gasteiger partial charge on any atom is 0.200 e. The Morgan fingerprint density at radius 2 is 1.74 bits per heavy atom. The van der Waals surface area contributed by atoms with Crippen molar-refractivity contribution >= 4 is 17.0 Å². The number of hydrogen-bond donors (Lipinski definition) is 0. The van der Waals surface area contributed by atoms with Crippen LogP contribution < -0.4 is 14.5 Å². The summed E-state index contributed by atoms with van der Waals surface area (Å²) in [6.45, 7) is 10.7. The number of para-hydroxylation sites is 2. The van der Waals surface area contributed by atoms with E-state index in [1.807, 2.05) is 19.1 Å². The highest BCUT2D eigenvalue weighted by Gasteiger charge is 2.23. The van der Waals surface area contributed by atoms with Gasteiger partial charge >= 0.3 is 0 Å². The van der Waals surface area contributed by atoms with Crippen molar-refractivity contribution in [2.75, 3.05) is 42.6 Å². The molecule has 4 rings (SSSR count). The first-order chi connectivity index (χ1) is 13.2. The standard InChI is InChI=1S/C20H26N6O/c1-4-27-19-8-6-5-7-17(19)24-9-11-25(12-10-24)18-13-16(15(2)3)23-26-14-21-22-20(18)26/h5-8,13-15H,4,9-12H2,1-3H3. The molecule has 1 fully saturated rings. The number of ether oxygens (including phenoxy) is 1. The predicted molar refractivity (Wildman–Crippen MR) is 107 cm³/mol. The van der Waals surface area contributed by atoms with Crippen molar-refractivity contribution in [1.29, 1.82) is 0 Å². The minimum Gasteiger partial charge on any atom is -0.492 e. The molecule has 1 saturated heterocycles. The minimum atomic E-state index is 0.356. The fraction of sp³-hybridized carbons (Fsp3) is 0.450. The van der Waals surface area contributed by atoms with Crippen molar-refractivity contribution in [1.82, 2.24) is 19.8 Å². The Hall–Kier alpha value is -2.83. The van der Waals surface area contributed by atoms with Crippen molar-refractivity contribution in [2.24, 2.45) is 0 Å². The highest BCUT2D eigenvalue weighted by molar-refractivity contribution is 5.69. The average molecular weight is 366 g/mol. The molecule has 0 atom stereocenters. The average Bonchev–Trinajstić information content (AvgIpc) is 3.17. The summed E-state index contributed by atoms with van der Waals surface area (Å²) in [5.74, 6) is 1.31. The molecule has 3 aromatic rings. The number of rotatable bonds is 5. The minimum absolute atomic E-state index is 0.356. The van der Waals surface area contributed by atoms with E-state index in [9.17, 15) is 0 Å². The zero-order valence-electron chi connectivity index (χ0n) is 16.2. The van der Waals surface area contributed by atoms with Crippen molar-refractivity contribution < 1.29 is 4.74 Å². The van der Waals surface area contributed by atoms with Crippen LogP contribution in [-0.2, 0) is 0 Å². The van der Waals surface area contributed by atoms with Crippen molar-refractivity contribution in [3.8, 4) is 5.75 Å². The number of fused-ring (bicyclic) bond motifs is 1. The summed E-state index contributed by atoms with van der Waals surface area (Å²) in [5.41, 5.74) is 4.16. The molecule has 3 heterocycles. The van der Waals surface area contributed by atoms with E-state index in [-0.39, 0.29) is 0 Å². The van der Waals surface area contributed by atoms with E-state index >= 15 is 0 Å². The van der Waals surface area contributed by atoms with Gasteiger partial charge in [0.25, 0.3) is 0 Å². The van der Waals surface area contributed by atoms with Gasteiger partial charge in [0.1, 0.15) is 12.1 Å². The van der Waals surface area contributed by atoms with Gasteiger partial charge in [0.15, 0.2) is 0 Å². The number of nitrogens with zero attached hydrogens (tertiary/aromatic N) is 6. The molecule has 7 heteroatoms. The third-order valence-corrected chi connectivity index (χ3v) is 4.99. The third-order valence-electron chi connectivity index (χ3n) is 4.99. The van der Waals surface area contributed by atoms with Crippen LogP contribution in [0.3, 0.4) is 0 Å². The zero-order chi connectivity index (χ0) is 18.8. The molecule has 0 amide bonds. The van der Waals surface area contributed by atoms with Crippen LogP contribution in [0.2, 0.25) is 0 Å². The predicted octanol–water partition coefficient (Wildman–Crippen LogP) is 2.97. The molecule has 0 radical (unpaired) electrons. The number of aromatic nitrogens is 4. The summed E-state index contributed by atoms with van der Waals surface area (Å²) in [4.78, 5) is 4.78. The van der Waals surface area contributed by atoms with Gasteiger partial charge in [-0.3, -0.25) is 0 Å². The number of benzene rings is 1. The lowest BCUT2D eigenvalue weighted by atomic mass is 10.1. The second kappa shape index (κ2) is 7.42. The van der Waals surface area contributed by atoms with E-state index < -0.39 is 0 Å². The van der Waals surface area contributed by atoms with E-state index in [0.717, 1.165) is 49.0 Å². The summed E-state index contributed by atoms with van der Waals surface area (Å²) < 4.78 is 7.60. The van der Waals surface area contributed by atoms with Crippen LogP contribution in [0.5, 0.6) is 5.75 Å². The summed E-state index contributed by atoms with van der Waals surface area (Å²) in [7, 11) is 0. The SMILES string of the molecule is CCOc1ccccc1N1CCN(c2cc(C(C)C)nn3cnnc23)CC1. The normalized spacial score (nSPS) is 15.0. The summed E-state index contributed by atoms with van der Waals surface area (Å²) in [6.07, 6.45) is 1.68. The van der Waals surface area contributed by atoms with Gasteiger partial charge in [0.2, 0.25) is 5.65 Å². The molecule has 0 saturated carbocycles. The monoisotopic (exact) mass is 366 g/mol. The molecule has 0 unspecified atom stereocenters. The molecule has 0 spiro atoms. The molecule has 0 bridgehead atoms. The van der Waals surface area contributed by atoms with Crippen molar-refractivity contribution in [3.63, 3.8) is 0 Å². The third kappa shape index (κ3) is 3.41. The molecular formula is C20H26N6O. The molecule has 0 N–H and O–H groups in total. The number of anilines is 2. The molecule has 27 heavy (non-hydrogen) atoms. The lowest BCUT2D eigenvalue weighted by Gasteiger charge is -2.38. The maximum atomic E-state index is 5.81. The van der Waals surface area contributed by atoms with Gasteiger partial charge in [-0.2, -0.15) is 9.61 Å². The van der Waals surface area contributed by atoms with Gasteiger partial charge in [-0.05, 0) is 31.0 Å². The van der Waals surface area contributed by atoms with E-state index in [4.69, 9.17) is 4.74 Å². The van der Waals surface area contributed by atoms with Crippen LogP contribution in [0.4, 0.5) is 11.4 Å².